The van der Waals surface area contributed by atoms with E-state index in [2.05, 4.69) is 15.6 Å². The molecule has 6 nitrogen and oxygen atoms in total. The van der Waals surface area contributed by atoms with E-state index in [-0.39, 0.29) is 5.91 Å². The van der Waals surface area contributed by atoms with Crippen LogP contribution in [0.3, 0.4) is 0 Å². The molecule has 2 N–H and O–H groups in total. The average molecular weight is 362 g/mol. The highest BCUT2D eigenvalue weighted by Crippen LogP contribution is 2.21. The van der Waals surface area contributed by atoms with E-state index in [9.17, 15) is 4.79 Å². The second-order valence-electron chi connectivity index (χ2n) is 6.21. The van der Waals surface area contributed by atoms with Crippen LogP contribution in [0.1, 0.15) is 10.4 Å². The van der Waals surface area contributed by atoms with Gasteiger partial charge in [-0.05, 0) is 54.6 Å². The van der Waals surface area contributed by atoms with Crippen LogP contribution in [0.15, 0.2) is 67.0 Å². The summed E-state index contributed by atoms with van der Waals surface area (Å²) in [5.41, 5.74) is 3.90. The van der Waals surface area contributed by atoms with Gasteiger partial charge in [-0.2, -0.15) is 0 Å². The Morgan fingerprint density at radius 3 is 2.22 bits per heavy atom. The predicted molar refractivity (Wildman–Crippen MR) is 109 cm³/mol. The molecule has 0 aliphatic heterocycles. The van der Waals surface area contributed by atoms with Crippen molar-refractivity contribution in [2.24, 2.45) is 0 Å². The van der Waals surface area contributed by atoms with Crippen LogP contribution in [-0.4, -0.2) is 32.1 Å². The number of hydrogen-bond acceptors (Lipinski definition) is 5. The zero-order valence-corrected chi connectivity index (χ0v) is 15.6. The molecule has 0 bridgehead atoms. The number of methoxy groups -OCH3 is 1. The highest BCUT2D eigenvalue weighted by Gasteiger charge is 2.08. The molecule has 1 aromatic heterocycles. The van der Waals surface area contributed by atoms with E-state index < -0.39 is 0 Å². The smallest absolute Gasteiger partial charge is 0.257 e. The highest BCUT2D eigenvalue weighted by atomic mass is 16.5. The number of benzene rings is 2. The van der Waals surface area contributed by atoms with E-state index in [1.807, 2.05) is 67.5 Å². The third kappa shape index (κ3) is 4.76. The standard InChI is InChI=1S/C21H22N4O2/c1-25(2)19-8-4-17(5-9-19)24-21(26)15-12-18(14-22-13-15)23-16-6-10-20(27-3)11-7-16/h4-14,23H,1-3H3,(H,24,26). The lowest BCUT2D eigenvalue weighted by Gasteiger charge is -2.13. The quantitative estimate of drug-likeness (QED) is 0.689. The van der Waals surface area contributed by atoms with Crippen molar-refractivity contribution < 1.29 is 9.53 Å². The lowest BCUT2D eigenvalue weighted by molar-refractivity contribution is 0.102. The van der Waals surface area contributed by atoms with Gasteiger partial charge in [-0.3, -0.25) is 9.78 Å². The van der Waals surface area contributed by atoms with E-state index in [1.165, 1.54) is 0 Å². The van der Waals surface area contributed by atoms with E-state index in [1.54, 1.807) is 25.6 Å². The number of nitrogens with zero attached hydrogens (tertiary/aromatic N) is 2. The molecule has 138 valence electrons. The molecule has 2 aromatic carbocycles. The Labute approximate surface area is 158 Å². The molecule has 0 unspecified atom stereocenters. The Morgan fingerprint density at radius 1 is 0.926 bits per heavy atom. The summed E-state index contributed by atoms with van der Waals surface area (Å²) in [5, 5.41) is 6.12. The van der Waals surface area contributed by atoms with Crippen molar-refractivity contribution in [3.05, 3.63) is 72.6 Å². The van der Waals surface area contributed by atoms with Gasteiger partial charge < -0.3 is 20.3 Å². The van der Waals surface area contributed by atoms with Crippen LogP contribution in [0.4, 0.5) is 22.7 Å². The molecule has 0 saturated carbocycles. The molecule has 0 saturated heterocycles. The van der Waals surface area contributed by atoms with Gasteiger partial charge in [-0.1, -0.05) is 0 Å². The van der Waals surface area contributed by atoms with Gasteiger partial charge in [0.2, 0.25) is 0 Å². The molecule has 0 spiro atoms. The summed E-state index contributed by atoms with van der Waals surface area (Å²) in [6.45, 7) is 0. The number of aromatic nitrogens is 1. The minimum absolute atomic E-state index is 0.210. The molecule has 0 atom stereocenters. The van der Waals surface area contributed by atoms with Crippen molar-refractivity contribution in [2.75, 3.05) is 36.7 Å². The normalized spacial score (nSPS) is 10.2. The molecule has 3 aromatic rings. The summed E-state index contributed by atoms with van der Waals surface area (Å²) in [7, 11) is 5.57. The first-order valence-corrected chi connectivity index (χ1v) is 8.50. The summed E-state index contributed by atoms with van der Waals surface area (Å²) in [4.78, 5) is 18.7. The van der Waals surface area contributed by atoms with Crippen molar-refractivity contribution in [1.29, 1.82) is 0 Å². The molecule has 0 aliphatic carbocycles. The fraction of sp³-hybridized carbons (Fsp3) is 0.143. The average Bonchev–Trinajstić information content (AvgIpc) is 2.69. The lowest BCUT2D eigenvalue weighted by atomic mass is 10.2. The van der Waals surface area contributed by atoms with Crippen molar-refractivity contribution >= 4 is 28.7 Å². The second-order valence-corrected chi connectivity index (χ2v) is 6.21. The minimum atomic E-state index is -0.210. The fourth-order valence-corrected chi connectivity index (χ4v) is 2.52. The number of carbonyl (C=O) groups excluding carboxylic acids is 1. The van der Waals surface area contributed by atoms with E-state index >= 15 is 0 Å². The van der Waals surface area contributed by atoms with Gasteiger partial charge in [0.15, 0.2) is 0 Å². The maximum atomic E-state index is 12.5. The molecule has 1 heterocycles. The first kappa shape index (κ1) is 18.3. The summed E-state index contributed by atoms with van der Waals surface area (Å²) in [5.74, 6) is 0.575. The summed E-state index contributed by atoms with van der Waals surface area (Å²) in [6.07, 6.45) is 3.22. The topological polar surface area (TPSA) is 66.5 Å². The number of anilines is 4. The van der Waals surface area contributed by atoms with E-state index in [0.29, 0.717) is 5.56 Å². The van der Waals surface area contributed by atoms with Crippen molar-refractivity contribution in [3.8, 4) is 5.75 Å². The third-order valence-corrected chi connectivity index (χ3v) is 4.02. The first-order valence-electron chi connectivity index (χ1n) is 8.50. The van der Waals surface area contributed by atoms with E-state index in [0.717, 1.165) is 28.5 Å². The molecule has 0 fully saturated rings. The van der Waals surface area contributed by atoms with Crippen LogP contribution < -0.4 is 20.3 Å². The molecule has 6 heteroatoms. The van der Waals surface area contributed by atoms with Crippen LogP contribution in [0.5, 0.6) is 5.75 Å². The minimum Gasteiger partial charge on any atom is -0.497 e. The predicted octanol–water partition coefficient (Wildman–Crippen LogP) is 4.15. The summed E-state index contributed by atoms with van der Waals surface area (Å²) < 4.78 is 5.15. The Kier molecular flexibility index (Phi) is 5.56. The number of nitrogens with one attached hydrogen (secondary N) is 2. The second kappa shape index (κ2) is 8.23. The van der Waals surface area contributed by atoms with Crippen molar-refractivity contribution in [1.82, 2.24) is 4.98 Å². The number of hydrogen-bond donors (Lipinski definition) is 2. The molecular formula is C21H22N4O2. The van der Waals surface area contributed by atoms with Gasteiger partial charge >= 0.3 is 0 Å². The molecule has 1 amide bonds. The lowest BCUT2D eigenvalue weighted by Crippen LogP contribution is -2.13. The van der Waals surface area contributed by atoms with Crippen molar-refractivity contribution in [3.63, 3.8) is 0 Å². The van der Waals surface area contributed by atoms with Crippen LogP contribution in [0, 0.1) is 0 Å². The van der Waals surface area contributed by atoms with Crippen LogP contribution in [-0.2, 0) is 0 Å². The van der Waals surface area contributed by atoms with E-state index in [4.69, 9.17) is 4.74 Å². The number of ether oxygens (including phenoxy) is 1. The van der Waals surface area contributed by atoms with Crippen LogP contribution in [0.25, 0.3) is 0 Å². The maximum Gasteiger partial charge on any atom is 0.257 e. The van der Waals surface area contributed by atoms with Gasteiger partial charge in [0.05, 0.1) is 24.6 Å². The van der Waals surface area contributed by atoms with Crippen LogP contribution in [0.2, 0.25) is 0 Å². The maximum absolute atomic E-state index is 12.5. The molecule has 27 heavy (non-hydrogen) atoms. The fourth-order valence-electron chi connectivity index (χ4n) is 2.52. The third-order valence-electron chi connectivity index (χ3n) is 4.02. The number of carbonyl (C=O) groups is 1. The zero-order valence-electron chi connectivity index (χ0n) is 15.6. The largest absolute Gasteiger partial charge is 0.497 e. The number of pyridine rings is 1. The van der Waals surface area contributed by atoms with Crippen LogP contribution >= 0.6 is 0 Å². The van der Waals surface area contributed by atoms with Gasteiger partial charge in [-0.25, -0.2) is 0 Å². The Hall–Kier alpha value is -3.54. The zero-order chi connectivity index (χ0) is 19.2. The molecule has 3 rings (SSSR count). The summed E-state index contributed by atoms with van der Waals surface area (Å²) in [6, 6.07) is 17.0. The highest BCUT2D eigenvalue weighted by molar-refractivity contribution is 6.04. The Bertz CT molecular complexity index is 906. The van der Waals surface area contributed by atoms with Crippen molar-refractivity contribution in [2.45, 2.75) is 0 Å². The monoisotopic (exact) mass is 362 g/mol. The van der Waals surface area contributed by atoms with Gasteiger partial charge in [0.1, 0.15) is 5.75 Å². The Balaban J connectivity index is 1.69. The number of rotatable bonds is 6. The number of amides is 1. The van der Waals surface area contributed by atoms with Gasteiger partial charge in [0.25, 0.3) is 5.91 Å². The molecule has 0 aliphatic rings. The summed E-state index contributed by atoms with van der Waals surface area (Å²) >= 11 is 0. The SMILES string of the molecule is COc1ccc(Nc2cncc(C(=O)Nc3ccc(N(C)C)cc3)c2)cc1. The molecular weight excluding hydrogens is 340 g/mol. The van der Waals surface area contributed by atoms with Gasteiger partial charge in [-0.15, -0.1) is 0 Å². The first-order chi connectivity index (χ1) is 13.0. The Morgan fingerprint density at radius 2 is 1.59 bits per heavy atom. The molecule has 0 radical (unpaired) electrons. The van der Waals surface area contributed by atoms with Gasteiger partial charge in [0, 0.05) is 37.4 Å².